The van der Waals surface area contributed by atoms with Crippen LogP contribution in [0.4, 0.5) is 0 Å². The summed E-state index contributed by atoms with van der Waals surface area (Å²) in [6.45, 7) is 3.85. The van der Waals surface area contributed by atoms with E-state index in [0.717, 1.165) is 18.2 Å². The molecule has 0 heterocycles. The molecule has 0 fully saturated rings. The van der Waals surface area contributed by atoms with Crippen LogP contribution in [-0.4, -0.2) is 26.6 Å². The van der Waals surface area contributed by atoms with Crippen molar-refractivity contribution >= 4 is 15.9 Å². The van der Waals surface area contributed by atoms with E-state index < -0.39 is 22.0 Å². The second-order valence-corrected chi connectivity index (χ2v) is 6.83. The van der Waals surface area contributed by atoms with E-state index in [1.54, 1.807) is 0 Å². The van der Waals surface area contributed by atoms with E-state index in [1.807, 2.05) is 44.2 Å². The summed E-state index contributed by atoms with van der Waals surface area (Å²) in [7, 11) is -3.49. The summed E-state index contributed by atoms with van der Waals surface area (Å²) in [6, 6.07) is 8.81. The molecule has 20 heavy (non-hydrogen) atoms. The highest BCUT2D eigenvalue weighted by Gasteiger charge is 2.31. The van der Waals surface area contributed by atoms with Gasteiger partial charge in [-0.05, 0) is 23.8 Å². The van der Waals surface area contributed by atoms with Crippen LogP contribution in [-0.2, 0) is 14.8 Å². The lowest BCUT2D eigenvalue weighted by atomic mass is 9.81. The van der Waals surface area contributed by atoms with E-state index in [2.05, 4.69) is 4.72 Å². The zero-order valence-electron chi connectivity index (χ0n) is 12.0. The van der Waals surface area contributed by atoms with Crippen LogP contribution < -0.4 is 10.5 Å². The molecule has 5 nitrogen and oxygen atoms in total. The molecule has 0 aliphatic carbocycles. The summed E-state index contributed by atoms with van der Waals surface area (Å²) < 4.78 is 25.1. The van der Waals surface area contributed by atoms with Crippen LogP contribution in [0.25, 0.3) is 0 Å². The first-order valence-corrected chi connectivity index (χ1v) is 8.47. The molecule has 0 saturated heterocycles. The minimum Gasteiger partial charge on any atom is -0.368 e. The molecule has 0 bridgehead atoms. The molecule has 6 heteroatoms. The molecule has 0 aromatic heterocycles. The zero-order valence-corrected chi connectivity index (χ0v) is 12.9. The van der Waals surface area contributed by atoms with Gasteiger partial charge < -0.3 is 5.73 Å². The van der Waals surface area contributed by atoms with Crippen LogP contribution in [0.5, 0.6) is 0 Å². The van der Waals surface area contributed by atoms with Gasteiger partial charge in [-0.3, -0.25) is 4.79 Å². The van der Waals surface area contributed by atoms with Crippen molar-refractivity contribution in [3.8, 4) is 0 Å². The highest BCUT2D eigenvalue weighted by Crippen LogP contribution is 2.30. The van der Waals surface area contributed by atoms with Gasteiger partial charge in [0.05, 0.1) is 6.26 Å². The lowest BCUT2D eigenvalue weighted by Gasteiger charge is -2.29. The highest BCUT2D eigenvalue weighted by molar-refractivity contribution is 7.88. The summed E-state index contributed by atoms with van der Waals surface area (Å²) >= 11 is 0. The van der Waals surface area contributed by atoms with Crippen LogP contribution >= 0.6 is 0 Å². The molecule has 1 aromatic rings. The number of hydrogen-bond acceptors (Lipinski definition) is 3. The Morgan fingerprint density at radius 2 is 1.85 bits per heavy atom. The molecule has 0 saturated carbocycles. The van der Waals surface area contributed by atoms with E-state index >= 15 is 0 Å². The second-order valence-electron chi connectivity index (χ2n) is 5.05. The number of amides is 1. The minimum atomic E-state index is -3.49. The molecule has 0 aliphatic heterocycles. The SMILES string of the molecule is CCC(c1ccccc1)C(C)C(NS(C)(=O)=O)C(N)=O. The van der Waals surface area contributed by atoms with Crippen LogP contribution in [0, 0.1) is 5.92 Å². The van der Waals surface area contributed by atoms with Gasteiger partial charge in [0.2, 0.25) is 15.9 Å². The van der Waals surface area contributed by atoms with Crippen molar-refractivity contribution in [1.82, 2.24) is 4.72 Å². The zero-order chi connectivity index (χ0) is 15.3. The summed E-state index contributed by atoms with van der Waals surface area (Å²) in [4.78, 5) is 11.6. The Morgan fingerprint density at radius 3 is 2.25 bits per heavy atom. The maximum atomic E-state index is 11.6. The van der Waals surface area contributed by atoms with Crippen LogP contribution in [0.2, 0.25) is 0 Å². The quantitative estimate of drug-likeness (QED) is 0.793. The average molecular weight is 298 g/mol. The summed E-state index contributed by atoms with van der Waals surface area (Å²) in [5.41, 5.74) is 6.42. The first-order valence-electron chi connectivity index (χ1n) is 6.57. The molecule has 0 spiro atoms. The topological polar surface area (TPSA) is 89.3 Å². The van der Waals surface area contributed by atoms with Crippen molar-refractivity contribution in [1.29, 1.82) is 0 Å². The predicted molar refractivity (Wildman–Crippen MR) is 79.6 cm³/mol. The van der Waals surface area contributed by atoms with Crippen molar-refractivity contribution < 1.29 is 13.2 Å². The number of carbonyl (C=O) groups is 1. The van der Waals surface area contributed by atoms with Gasteiger partial charge >= 0.3 is 0 Å². The van der Waals surface area contributed by atoms with Gasteiger partial charge in [-0.2, -0.15) is 0 Å². The Hall–Kier alpha value is -1.40. The molecule has 1 rings (SSSR count). The molecule has 3 unspecified atom stereocenters. The van der Waals surface area contributed by atoms with Crippen LogP contribution in [0.1, 0.15) is 31.7 Å². The summed E-state index contributed by atoms with van der Waals surface area (Å²) in [5, 5.41) is 0. The number of carbonyl (C=O) groups excluding carboxylic acids is 1. The number of hydrogen-bond donors (Lipinski definition) is 2. The number of benzene rings is 1. The largest absolute Gasteiger partial charge is 0.368 e. The molecule has 1 amide bonds. The number of rotatable bonds is 7. The third-order valence-corrected chi connectivity index (χ3v) is 4.16. The Balaban J connectivity index is 3.03. The molecule has 3 atom stereocenters. The Bertz CT molecular complexity index is 543. The van der Waals surface area contributed by atoms with E-state index in [0.29, 0.717) is 0 Å². The molecule has 0 aliphatic rings. The molecule has 3 N–H and O–H groups in total. The van der Waals surface area contributed by atoms with Gasteiger partial charge in [0.25, 0.3) is 0 Å². The Morgan fingerprint density at radius 1 is 1.30 bits per heavy atom. The molecule has 0 radical (unpaired) electrons. The third kappa shape index (κ3) is 4.61. The van der Waals surface area contributed by atoms with Crippen molar-refractivity contribution in [2.75, 3.05) is 6.26 Å². The fourth-order valence-corrected chi connectivity index (χ4v) is 3.29. The van der Waals surface area contributed by atoms with E-state index in [1.165, 1.54) is 0 Å². The maximum Gasteiger partial charge on any atom is 0.235 e. The monoisotopic (exact) mass is 298 g/mol. The second kappa shape index (κ2) is 6.85. The lowest BCUT2D eigenvalue weighted by molar-refractivity contribution is -0.120. The van der Waals surface area contributed by atoms with Crippen molar-refractivity contribution in [2.45, 2.75) is 32.2 Å². The number of nitrogens with one attached hydrogen (secondary N) is 1. The normalized spacial score (nSPS) is 16.4. The van der Waals surface area contributed by atoms with Crippen molar-refractivity contribution in [3.63, 3.8) is 0 Å². The van der Waals surface area contributed by atoms with Crippen LogP contribution in [0.3, 0.4) is 0 Å². The molecule has 112 valence electrons. The minimum absolute atomic E-state index is 0.0583. The summed E-state index contributed by atoms with van der Waals surface area (Å²) in [5.74, 6) is -0.824. The standard InChI is InChI=1S/C14H22N2O3S/c1-4-12(11-8-6-5-7-9-11)10(2)13(14(15)17)16-20(3,18)19/h5-10,12-13,16H,4H2,1-3H3,(H2,15,17). The fourth-order valence-electron chi connectivity index (χ4n) is 2.50. The molecular weight excluding hydrogens is 276 g/mol. The van der Waals surface area contributed by atoms with Gasteiger partial charge in [0.1, 0.15) is 6.04 Å². The van der Waals surface area contributed by atoms with Gasteiger partial charge in [0, 0.05) is 0 Å². The maximum absolute atomic E-state index is 11.6. The number of nitrogens with two attached hydrogens (primary N) is 1. The Kier molecular flexibility index (Phi) is 5.71. The van der Waals surface area contributed by atoms with E-state index in [9.17, 15) is 13.2 Å². The van der Waals surface area contributed by atoms with Crippen molar-refractivity contribution in [2.24, 2.45) is 11.7 Å². The molecule has 1 aromatic carbocycles. The Labute approximate surface area is 120 Å². The average Bonchev–Trinajstić information content (AvgIpc) is 2.36. The highest BCUT2D eigenvalue weighted by atomic mass is 32.2. The van der Waals surface area contributed by atoms with Gasteiger partial charge in [-0.1, -0.05) is 44.2 Å². The van der Waals surface area contributed by atoms with Gasteiger partial charge in [-0.15, -0.1) is 0 Å². The van der Waals surface area contributed by atoms with Crippen molar-refractivity contribution in [3.05, 3.63) is 35.9 Å². The smallest absolute Gasteiger partial charge is 0.235 e. The summed E-state index contributed by atoms with van der Waals surface area (Å²) in [6.07, 6.45) is 1.82. The number of sulfonamides is 1. The van der Waals surface area contributed by atoms with E-state index in [4.69, 9.17) is 5.73 Å². The lowest BCUT2D eigenvalue weighted by Crippen LogP contribution is -2.49. The predicted octanol–water partition coefficient (Wildman–Crippen LogP) is 1.22. The van der Waals surface area contributed by atoms with Gasteiger partial charge in [-0.25, -0.2) is 13.1 Å². The fraction of sp³-hybridized carbons (Fsp3) is 0.500. The third-order valence-electron chi connectivity index (χ3n) is 3.48. The first-order chi connectivity index (χ1) is 9.26. The number of primary amides is 1. The molecular formula is C14H22N2O3S. The van der Waals surface area contributed by atoms with E-state index in [-0.39, 0.29) is 11.8 Å². The van der Waals surface area contributed by atoms with Gasteiger partial charge in [0.15, 0.2) is 0 Å². The van der Waals surface area contributed by atoms with Crippen LogP contribution in [0.15, 0.2) is 30.3 Å². The first kappa shape index (κ1) is 16.7.